The van der Waals surface area contributed by atoms with Crippen molar-refractivity contribution in [1.29, 1.82) is 0 Å². The second-order valence-electron chi connectivity index (χ2n) is 3.77. The number of nitrogens with two attached hydrogens (primary N) is 1. The van der Waals surface area contributed by atoms with Crippen LogP contribution in [-0.4, -0.2) is 0 Å². The molecular formula is C12H11ClF2N2O. The van der Waals surface area contributed by atoms with Crippen LogP contribution in [0.4, 0.5) is 8.78 Å². The van der Waals surface area contributed by atoms with E-state index in [9.17, 15) is 8.78 Å². The van der Waals surface area contributed by atoms with Crippen molar-refractivity contribution in [3.05, 3.63) is 58.5 Å². The average Bonchev–Trinajstić information content (AvgIpc) is 2.76. The summed E-state index contributed by atoms with van der Waals surface area (Å²) in [7, 11) is 0. The van der Waals surface area contributed by atoms with Crippen molar-refractivity contribution in [3.8, 4) is 0 Å². The van der Waals surface area contributed by atoms with E-state index in [1.54, 1.807) is 12.1 Å². The molecule has 3 N–H and O–H groups in total. The van der Waals surface area contributed by atoms with Gasteiger partial charge in [0.2, 0.25) is 0 Å². The van der Waals surface area contributed by atoms with Gasteiger partial charge in [-0.25, -0.2) is 14.2 Å². The van der Waals surface area contributed by atoms with Crippen LogP contribution in [-0.2, 0) is 6.42 Å². The Labute approximate surface area is 108 Å². The molecular weight excluding hydrogens is 262 g/mol. The van der Waals surface area contributed by atoms with Crippen molar-refractivity contribution in [1.82, 2.24) is 5.43 Å². The molecule has 3 nitrogen and oxygen atoms in total. The maximum atomic E-state index is 13.5. The molecule has 0 bridgehead atoms. The lowest BCUT2D eigenvalue weighted by Gasteiger charge is -2.14. The topological polar surface area (TPSA) is 51.2 Å². The van der Waals surface area contributed by atoms with Gasteiger partial charge in [-0.05, 0) is 35.9 Å². The van der Waals surface area contributed by atoms with E-state index in [0.717, 1.165) is 0 Å². The second-order valence-corrected chi connectivity index (χ2v) is 4.14. The van der Waals surface area contributed by atoms with Crippen LogP contribution in [0.3, 0.4) is 0 Å². The molecule has 1 atom stereocenters. The number of hydrazine groups is 1. The van der Waals surface area contributed by atoms with Crippen molar-refractivity contribution in [2.75, 3.05) is 0 Å². The molecule has 1 heterocycles. The van der Waals surface area contributed by atoms with Crippen LogP contribution in [0.25, 0.3) is 0 Å². The first-order valence-corrected chi connectivity index (χ1v) is 5.64. The van der Waals surface area contributed by atoms with E-state index in [2.05, 4.69) is 5.43 Å². The monoisotopic (exact) mass is 272 g/mol. The fraction of sp³-hybridized carbons (Fsp3) is 0.167. The van der Waals surface area contributed by atoms with Gasteiger partial charge in [0.25, 0.3) is 0 Å². The minimum absolute atomic E-state index is 0.0266. The summed E-state index contributed by atoms with van der Waals surface area (Å²) in [6.45, 7) is 0. The number of hydrogen-bond acceptors (Lipinski definition) is 3. The van der Waals surface area contributed by atoms with E-state index in [0.29, 0.717) is 5.76 Å². The molecule has 0 fully saturated rings. The van der Waals surface area contributed by atoms with Crippen molar-refractivity contribution in [2.24, 2.45) is 5.84 Å². The number of hydrogen-bond donors (Lipinski definition) is 2. The molecule has 18 heavy (non-hydrogen) atoms. The molecule has 6 heteroatoms. The first kappa shape index (κ1) is 13.0. The summed E-state index contributed by atoms with van der Waals surface area (Å²) in [5.41, 5.74) is 2.40. The third-order valence-corrected chi connectivity index (χ3v) is 2.81. The van der Waals surface area contributed by atoms with Crippen LogP contribution in [0.15, 0.2) is 34.7 Å². The largest absolute Gasteiger partial charge is 0.448 e. The summed E-state index contributed by atoms with van der Waals surface area (Å²) in [6, 6.07) is 6.29. The summed E-state index contributed by atoms with van der Waals surface area (Å²) in [5.74, 6) is 4.55. The van der Waals surface area contributed by atoms with Crippen molar-refractivity contribution >= 4 is 11.6 Å². The quantitative estimate of drug-likeness (QED) is 0.665. The molecule has 0 radical (unpaired) electrons. The highest BCUT2D eigenvalue weighted by atomic mass is 35.5. The maximum Gasteiger partial charge on any atom is 0.193 e. The molecule has 2 rings (SSSR count). The highest BCUT2D eigenvalue weighted by Gasteiger charge is 2.19. The number of benzene rings is 1. The van der Waals surface area contributed by atoms with Gasteiger partial charge < -0.3 is 4.42 Å². The summed E-state index contributed by atoms with van der Waals surface area (Å²) >= 11 is 5.64. The maximum absolute atomic E-state index is 13.5. The number of nitrogens with one attached hydrogen (secondary N) is 1. The molecule has 0 saturated carbocycles. The molecule has 0 saturated heterocycles. The number of furan rings is 1. The van der Waals surface area contributed by atoms with Crippen LogP contribution in [0.5, 0.6) is 0 Å². The molecule has 0 aliphatic rings. The summed E-state index contributed by atoms with van der Waals surface area (Å²) < 4.78 is 32.2. The first-order chi connectivity index (χ1) is 8.61. The van der Waals surface area contributed by atoms with Gasteiger partial charge in [0.1, 0.15) is 17.4 Å². The molecule has 0 amide bonds. The zero-order chi connectivity index (χ0) is 13.1. The summed E-state index contributed by atoms with van der Waals surface area (Å²) in [6.07, 6.45) is 0.0266. The van der Waals surface area contributed by atoms with Gasteiger partial charge in [-0.2, -0.15) is 0 Å². The fourth-order valence-corrected chi connectivity index (χ4v) is 1.84. The Morgan fingerprint density at radius 2 is 1.89 bits per heavy atom. The van der Waals surface area contributed by atoms with Gasteiger partial charge in [-0.1, -0.05) is 6.07 Å². The predicted octanol–water partition coefficient (Wildman–Crippen LogP) is 2.96. The number of halogens is 3. The van der Waals surface area contributed by atoms with E-state index >= 15 is 0 Å². The minimum atomic E-state index is -0.618. The zero-order valence-corrected chi connectivity index (χ0v) is 10.0. The second kappa shape index (κ2) is 5.48. The predicted molar refractivity (Wildman–Crippen MR) is 63.8 cm³/mol. The van der Waals surface area contributed by atoms with Gasteiger partial charge in [-0.15, -0.1) is 0 Å². The SMILES string of the molecule is NNC(Cc1c(F)cccc1F)c1ccc(Cl)o1. The van der Waals surface area contributed by atoms with Gasteiger partial charge in [0.05, 0.1) is 6.04 Å². The fourth-order valence-electron chi connectivity index (χ4n) is 1.69. The molecule has 0 spiro atoms. The summed E-state index contributed by atoms with van der Waals surface area (Å²) in [5, 5.41) is 0.194. The van der Waals surface area contributed by atoms with E-state index in [1.165, 1.54) is 18.2 Å². The molecule has 1 unspecified atom stereocenters. The van der Waals surface area contributed by atoms with Gasteiger partial charge in [0, 0.05) is 12.0 Å². The Kier molecular flexibility index (Phi) is 3.96. The van der Waals surface area contributed by atoms with E-state index < -0.39 is 17.7 Å². The third kappa shape index (κ3) is 2.69. The average molecular weight is 273 g/mol. The molecule has 0 aliphatic carbocycles. The third-order valence-electron chi connectivity index (χ3n) is 2.61. The Balaban J connectivity index is 2.26. The van der Waals surface area contributed by atoms with E-state index in [1.807, 2.05) is 0 Å². The van der Waals surface area contributed by atoms with Crippen LogP contribution >= 0.6 is 11.6 Å². The van der Waals surface area contributed by atoms with Gasteiger partial charge in [0.15, 0.2) is 5.22 Å². The lowest BCUT2D eigenvalue weighted by atomic mass is 10.0. The van der Waals surface area contributed by atoms with Crippen molar-refractivity contribution < 1.29 is 13.2 Å². The normalized spacial score (nSPS) is 12.7. The molecule has 96 valence electrons. The Hall–Kier alpha value is -1.43. The van der Waals surface area contributed by atoms with E-state index in [4.69, 9.17) is 21.9 Å². The van der Waals surface area contributed by atoms with Crippen LogP contribution in [0.1, 0.15) is 17.4 Å². The smallest absolute Gasteiger partial charge is 0.193 e. The first-order valence-electron chi connectivity index (χ1n) is 5.26. The highest BCUT2D eigenvalue weighted by Crippen LogP contribution is 2.24. The van der Waals surface area contributed by atoms with Crippen LogP contribution in [0, 0.1) is 11.6 Å². The van der Waals surface area contributed by atoms with Gasteiger partial charge in [-0.3, -0.25) is 5.84 Å². The lowest BCUT2D eigenvalue weighted by molar-refractivity contribution is 0.407. The highest BCUT2D eigenvalue weighted by molar-refractivity contribution is 6.28. The number of rotatable bonds is 4. The Bertz CT molecular complexity index is 524. The molecule has 1 aromatic carbocycles. The Morgan fingerprint density at radius 1 is 1.22 bits per heavy atom. The standard InChI is InChI=1S/C12H11ClF2N2O/c13-12-5-4-11(18-12)10(17-16)6-7-8(14)2-1-3-9(7)15/h1-5,10,17H,6,16H2. The molecule has 2 aromatic rings. The lowest BCUT2D eigenvalue weighted by Crippen LogP contribution is -2.29. The molecule has 1 aromatic heterocycles. The zero-order valence-electron chi connectivity index (χ0n) is 9.29. The van der Waals surface area contributed by atoms with Crippen molar-refractivity contribution in [3.63, 3.8) is 0 Å². The van der Waals surface area contributed by atoms with Crippen LogP contribution in [0.2, 0.25) is 5.22 Å². The van der Waals surface area contributed by atoms with Crippen LogP contribution < -0.4 is 11.3 Å². The Morgan fingerprint density at radius 3 is 2.39 bits per heavy atom. The molecule has 0 aliphatic heterocycles. The van der Waals surface area contributed by atoms with E-state index in [-0.39, 0.29) is 17.2 Å². The minimum Gasteiger partial charge on any atom is -0.448 e. The van der Waals surface area contributed by atoms with Crippen molar-refractivity contribution in [2.45, 2.75) is 12.5 Å². The summed E-state index contributed by atoms with van der Waals surface area (Å²) in [4.78, 5) is 0. The van der Waals surface area contributed by atoms with Gasteiger partial charge >= 0.3 is 0 Å².